The van der Waals surface area contributed by atoms with E-state index in [1.54, 1.807) is 0 Å². The van der Waals surface area contributed by atoms with Crippen LogP contribution in [0.25, 0.3) is 0 Å². The molecule has 2 rings (SSSR count). The number of alkyl halides is 1. The van der Waals surface area contributed by atoms with Crippen LogP contribution in [0.3, 0.4) is 0 Å². The van der Waals surface area contributed by atoms with Gasteiger partial charge in [-0.1, -0.05) is 61.7 Å². The Hall–Kier alpha value is -0.450. The second-order valence-corrected chi connectivity index (χ2v) is 5.85. The molecule has 0 aromatic heterocycles. The highest BCUT2D eigenvalue weighted by Crippen LogP contribution is 2.39. The molecule has 1 atom stereocenters. The molecule has 5 heteroatoms. The fraction of sp³-hybridized carbons (Fsp3) is 0.0769. The molecular weight excluding hydrogens is 389 g/mol. The van der Waals surface area contributed by atoms with Crippen LogP contribution < -0.4 is 0 Å². The standard InChI is InChI=1S/C13H7Br2ClF2/c14-9-4-2-1-3-7(9)13(15)8-5-11(17)12(18)6-10(8)16/h1-6,13H. The summed E-state index contributed by atoms with van der Waals surface area (Å²) in [5, 5.41) is 0.187. The lowest BCUT2D eigenvalue weighted by Crippen LogP contribution is -1.97. The molecule has 0 fully saturated rings. The predicted octanol–water partition coefficient (Wildman–Crippen LogP) is 5.87. The molecule has 0 N–H and O–H groups in total. The molecule has 0 aliphatic heterocycles. The summed E-state index contributed by atoms with van der Waals surface area (Å²) >= 11 is 12.8. The van der Waals surface area contributed by atoms with Crippen LogP contribution in [0.15, 0.2) is 40.9 Å². The number of rotatable bonds is 2. The summed E-state index contributed by atoms with van der Waals surface area (Å²) in [5.41, 5.74) is 1.38. The van der Waals surface area contributed by atoms with E-state index in [0.717, 1.165) is 22.2 Å². The van der Waals surface area contributed by atoms with Gasteiger partial charge in [0.2, 0.25) is 0 Å². The van der Waals surface area contributed by atoms with Gasteiger partial charge in [-0.15, -0.1) is 0 Å². The minimum Gasteiger partial charge on any atom is -0.204 e. The summed E-state index contributed by atoms with van der Waals surface area (Å²) in [6, 6.07) is 9.58. The Labute approximate surface area is 125 Å². The molecular formula is C13H7Br2ClF2. The Morgan fingerprint density at radius 3 is 2.28 bits per heavy atom. The summed E-state index contributed by atoms with van der Waals surface area (Å²) in [7, 11) is 0. The summed E-state index contributed by atoms with van der Waals surface area (Å²) < 4.78 is 27.2. The van der Waals surface area contributed by atoms with E-state index >= 15 is 0 Å². The van der Waals surface area contributed by atoms with Crippen LogP contribution in [0.1, 0.15) is 16.0 Å². The molecule has 0 heterocycles. The van der Waals surface area contributed by atoms with Crippen molar-refractivity contribution in [3.05, 3.63) is 68.7 Å². The molecule has 0 radical (unpaired) electrons. The Bertz CT molecular complexity index is 587. The third kappa shape index (κ3) is 2.76. The lowest BCUT2D eigenvalue weighted by atomic mass is 10.0. The largest absolute Gasteiger partial charge is 0.204 e. The van der Waals surface area contributed by atoms with Crippen LogP contribution in [0.5, 0.6) is 0 Å². The van der Waals surface area contributed by atoms with E-state index < -0.39 is 11.6 Å². The molecule has 0 saturated carbocycles. The maximum atomic E-state index is 13.3. The highest BCUT2D eigenvalue weighted by Gasteiger charge is 2.18. The van der Waals surface area contributed by atoms with Crippen LogP contribution >= 0.6 is 43.5 Å². The molecule has 0 aliphatic carbocycles. The fourth-order valence-corrected chi connectivity index (χ4v) is 3.57. The SMILES string of the molecule is Fc1cc(Cl)c(C(Br)c2ccccc2Br)cc1F. The second-order valence-electron chi connectivity index (χ2n) is 3.67. The van der Waals surface area contributed by atoms with Gasteiger partial charge in [-0.2, -0.15) is 0 Å². The van der Waals surface area contributed by atoms with Gasteiger partial charge in [0.05, 0.1) is 4.83 Å². The Morgan fingerprint density at radius 1 is 1.00 bits per heavy atom. The van der Waals surface area contributed by atoms with Crippen molar-refractivity contribution < 1.29 is 8.78 Å². The van der Waals surface area contributed by atoms with Crippen molar-refractivity contribution in [1.82, 2.24) is 0 Å². The van der Waals surface area contributed by atoms with Crippen molar-refractivity contribution in [2.75, 3.05) is 0 Å². The first-order chi connectivity index (χ1) is 8.50. The van der Waals surface area contributed by atoms with Crippen molar-refractivity contribution >= 4 is 43.5 Å². The Balaban J connectivity index is 2.50. The van der Waals surface area contributed by atoms with Gasteiger partial charge in [0.15, 0.2) is 11.6 Å². The highest BCUT2D eigenvalue weighted by atomic mass is 79.9. The van der Waals surface area contributed by atoms with E-state index in [2.05, 4.69) is 31.9 Å². The number of hydrogen-bond donors (Lipinski definition) is 0. The summed E-state index contributed by atoms with van der Waals surface area (Å²) in [6.07, 6.45) is 0. The zero-order valence-electron chi connectivity index (χ0n) is 8.93. The van der Waals surface area contributed by atoms with Gasteiger partial charge in [-0.3, -0.25) is 0 Å². The molecule has 0 nitrogen and oxygen atoms in total. The van der Waals surface area contributed by atoms with Crippen LogP contribution in [-0.4, -0.2) is 0 Å². The molecule has 94 valence electrons. The molecule has 0 amide bonds. The van der Waals surface area contributed by atoms with Gasteiger partial charge in [0.1, 0.15) is 0 Å². The second kappa shape index (κ2) is 5.68. The number of halogens is 5. The van der Waals surface area contributed by atoms with E-state index in [4.69, 9.17) is 11.6 Å². The van der Waals surface area contributed by atoms with Crippen molar-refractivity contribution in [3.63, 3.8) is 0 Å². The van der Waals surface area contributed by atoms with E-state index in [1.807, 2.05) is 24.3 Å². The molecule has 0 spiro atoms. The molecule has 0 aliphatic rings. The van der Waals surface area contributed by atoms with Crippen LogP contribution in [0.4, 0.5) is 8.78 Å². The van der Waals surface area contributed by atoms with Crippen molar-refractivity contribution in [2.45, 2.75) is 4.83 Å². The molecule has 1 unspecified atom stereocenters. The zero-order valence-corrected chi connectivity index (χ0v) is 12.9. The monoisotopic (exact) mass is 394 g/mol. The summed E-state index contributed by atoms with van der Waals surface area (Å²) in [4.78, 5) is -0.310. The lowest BCUT2D eigenvalue weighted by Gasteiger charge is -2.14. The van der Waals surface area contributed by atoms with Crippen molar-refractivity contribution in [2.24, 2.45) is 0 Å². The van der Waals surface area contributed by atoms with Crippen molar-refractivity contribution in [1.29, 1.82) is 0 Å². The van der Waals surface area contributed by atoms with Gasteiger partial charge < -0.3 is 0 Å². The van der Waals surface area contributed by atoms with Gasteiger partial charge in [-0.05, 0) is 29.3 Å². The first-order valence-corrected chi connectivity index (χ1v) is 7.12. The quantitative estimate of drug-likeness (QED) is 0.440. The molecule has 18 heavy (non-hydrogen) atoms. The van der Waals surface area contributed by atoms with Gasteiger partial charge in [-0.25, -0.2) is 8.78 Å². The average Bonchev–Trinajstić information content (AvgIpc) is 2.33. The predicted molar refractivity (Wildman–Crippen MR) is 76.3 cm³/mol. The van der Waals surface area contributed by atoms with Gasteiger partial charge in [0.25, 0.3) is 0 Å². The Kier molecular flexibility index (Phi) is 4.41. The normalized spacial score (nSPS) is 12.5. The van der Waals surface area contributed by atoms with E-state index in [0.29, 0.717) is 5.56 Å². The number of benzene rings is 2. The van der Waals surface area contributed by atoms with E-state index in [1.165, 1.54) is 0 Å². The maximum absolute atomic E-state index is 13.3. The van der Waals surface area contributed by atoms with Gasteiger partial charge in [0, 0.05) is 9.50 Å². The minimum absolute atomic E-state index is 0.187. The van der Waals surface area contributed by atoms with Crippen molar-refractivity contribution in [3.8, 4) is 0 Å². The van der Waals surface area contributed by atoms with E-state index in [-0.39, 0.29) is 9.85 Å². The fourth-order valence-electron chi connectivity index (χ4n) is 1.58. The van der Waals surface area contributed by atoms with Crippen LogP contribution in [0, 0.1) is 11.6 Å². The maximum Gasteiger partial charge on any atom is 0.160 e. The first-order valence-electron chi connectivity index (χ1n) is 5.03. The van der Waals surface area contributed by atoms with E-state index in [9.17, 15) is 8.78 Å². The Morgan fingerprint density at radius 2 is 1.61 bits per heavy atom. The van der Waals surface area contributed by atoms with Crippen LogP contribution in [0.2, 0.25) is 5.02 Å². The zero-order chi connectivity index (χ0) is 13.3. The molecule has 0 saturated heterocycles. The molecule has 2 aromatic carbocycles. The topological polar surface area (TPSA) is 0 Å². The highest BCUT2D eigenvalue weighted by molar-refractivity contribution is 9.11. The van der Waals surface area contributed by atoms with Gasteiger partial charge >= 0.3 is 0 Å². The van der Waals surface area contributed by atoms with Crippen LogP contribution in [-0.2, 0) is 0 Å². The average molecular weight is 396 g/mol. The summed E-state index contributed by atoms with van der Waals surface area (Å²) in [6.45, 7) is 0. The summed E-state index contributed by atoms with van der Waals surface area (Å²) in [5.74, 6) is -1.86. The smallest absolute Gasteiger partial charge is 0.160 e. The molecule has 2 aromatic rings. The minimum atomic E-state index is -0.949. The molecule has 0 bridgehead atoms. The third-order valence-corrected chi connectivity index (χ3v) is 4.53. The first kappa shape index (κ1) is 14.0. The lowest BCUT2D eigenvalue weighted by molar-refractivity contribution is 0.507. The third-order valence-electron chi connectivity index (χ3n) is 2.49. The number of hydrogen-bond acceptors (Lipinski definition) is 0.